The molecule has 0 radical (unpaired) electrons. The number of ether oxygens (including phenoxy) is 1. The number of rotatable bonds is 4. The van der Waals surface area contributed by atoms with Crippen molar-refractivity contribution in [2.75, 3.05) is 11.1 Å². The zero-order valence-electron chi connectivity index (χ0n) is 12.5. The van der Waals surface area contributed by atoms with E-state index in [1.165, 1.54) is 37.3 Å². The second-order valence-corrected chi connectivity index (χ2v) is 5.77. The summed E-state index contributed by atoms with van der Waals surface area (Å²) in [5.41, 5.74) is 5.82. The number of benzene rings is 2. The first-order chi connectivity index (χ1) is 11.3. The van der Waals surface area contributed by atoms with Crippen LogP contribution in [0.2, 0.25) is 10.0 Å². The lowest BCUT2D eigenvalue weighted by atomic mass is 10.2. The third-order valence-corrected chi connectivity index (χ3v) is 3.55. The molecule has 0 aliphatic heterocycles. The molecule has 0 saturated carbocycles. The van der Waals surface area contributed by atoms with Crippen molar-refractivity contribution in [2.24, 2.45) is 0 Å². The number of amides is 1. The fourth-order valence-electron chi connectivity index (χ4n) is 1.82. The van der Waals surface area contributed by atoms with Crippen molar-refractivity contribution < 1.29 is 18.7 Å². The standard InChI is InChI=1S/C16H13Cl2FN2O3/c1-8(15(22)21-14-5-3-9(17)6-12(14)19)24-16(23)11-4-2-10(18)7-13(11)20/h2-8H,20H2,1H3,(H,21,22). The predicted molar refractivity (Wildman–Crippen MR) is 90.8 cm³/mol. The van der Waals surface area contributed by atoms with E-state index in [0.29, 0.717) is 5.02 Å². The molecule has 2 rings (SSSR count). The molecule has 2 aromatic carbocycles. The first kappa shape index (κ1) is 18.0. The number of hydrogen-bond donors (Lipinski definition) is 2. The summed E-state index contributed by atoms with van der Waals surface area (Å²) in [7, 11) is 0. The highest BCUT2D eigenvalue weighted by atomic mass is 35.5. The van der Waals surface area contributed by atoms with Crippen LogP contribution in [0.25, 0.3) is 0 Å². The summed E-state index contributed by atoms with van der Waals surface area (Å²) in [6.07, 6.45) is -1.16. The van der Waals surface area contributed by atoms with E-state index in [9.17, 15) is 14.0 Å². The fraction of sp³-hybridized carbons (Fsp3) is 0.125. The molecule has 0 fully saturated rings. The van der Waals surface area contributed by atoms with Gasteiger partial charge in [-0.3, -0.25) is 4.79 Å². The van der Waals surface area contributed by atoms with E-state index in [2.05, 4.69) is 5.32 Å². The van der Waals surface area contributed by atoms with Crippen molar-refractivity contribution in [1.82, 2.24) is 0 Å². The maximum absolute atomic E-state index is 13.7. The summed E-state index contributed by atoms with van der Waals surface area (Å²) in [6.45, 7) is 1.35. The lowest BCUT2D eigenvalue weighted by Crippen LogP contribution is -2.30. The number of hydrogen-bond acceptors (Lipinski definition) is 4. The van der Waals surface area contributed by atoms with Crippen LogP contribution in [0.15, 0.2) is 36.4 Å². The predicted octanol–water partition coefficient (Wildman–Crippen LogP) is 3.90. The third kappa shape index (κ3) is 4.37. The Morgan fingerprint density at radius 1 is 1.17 bits per heavy atom. The van der Waals surface area contributed by atoms with Crippen LogP contribution >= 0.6 is 23.2 Å². The lowest BCUT2D eigenvalue weighted by molar-refractivity contribution is -0.123. The molecule has 1 atom stereocenters. The SMILES string of the molecule is CC(OC(=O)c1ccc(Cl)cc1N)C(=O)Nc1ccc(Cl)cc1F. The highest BCUT2D eigenvalue weighted by Crippen LogP contribution is 2.21. The number of nitrogens with two attached hydrogens (primary N) is 1. The Labute approximate surface area is 147 Å². The first-order valence-electron chi connectivity index (χ1n) is 6.80. The van der Waals surface area contributed by atoms with Crippen LogP contribution in [0.3, 0.4) is 0 Å². The molecule has 3 N–H and O–H groups in total. The number of esters is 1. The van der Waals surface area contributed by atoms with Gasteiger partial charge >= 0.3 is 5.97 Å². The number of anilines is 2. The molecule has 24 heavy (non-hydrogen) atoms. The van der Waals surface area contributed by atoms with Crippen LogP contribution in [0.4, 0.5) is 15.8 Å². The molecule has 126 valence electrons. The summed E-state index contributed by atoms with van der Waals surface area (Å²) in [4.78, 5) is 24.1. The Hall–Kier alpha value is -2.31. The van der Waals surface area contributed by atoms with Crippen LogP contribution in [-0.4, -0.2) is 18.0 Å². The Balaban J connectivity index is 2.04. The Bertz CT molecular complexity index is 799. The zero-order chi connectivity index (χ0) is 17.9. The van der Waals surface area contributed by atoms with Crippen LogP contribution in [0.1, 0.15) is 17.3 Å². The molecular formula is C16H13Cl2FN2O3. The second-order valence-electron chi connectivity index (χ2n) is 4.89. The Kier molecular flexibility index (Phi) is 5.64. The number of nitrogens with one attached hydrogen (secondary N) is 1. The van der Waals surface area contributed by atoms with Crippen molar-refractivity contribution in [3.8, 4) is 0 Å². The molecule has 0 aliphatic rings. The van der Waals surface area contributed by atoms with Gasteiger partial charge in [-0.1, -0.05) is 23.2 Å². The Morgan fingerprint density at radius 2 is 1.79 bits per heavy atom. The summed E-state index contributed by atoms with van der Waals surface area (Å²) in [5.74, 6) is -2.18. The van der Waals surface area contributed by atoms with Gasteiger partial charge in [0.05, 0.1) is 11.3 Å². The molecule has 0 aliphatic carbocycles. The smallest absolute Gasteiger partial charge is 0.341 e. The van der Waals surface area contributed by atoms with E-state index in [1.54, 1.807) is 0 Å². The number of carbonyl (C=O) groups is 2. The monoisotopic (exact) mass is 370 g/mol. The van der Waals surface area contributed by atoms with E-state index in [4.69, 9.17) is 33.7 Å². The van der Waals surface area contributed by atoms with E-state index < -0.39 is 23.8 Å². The maximum Gasteiger partial charge on any atom is 0.341 e. The van der Waals surface area contributed by atoms with Crippen molar-refractivity contribution >= 4 is 46.5 Å². The van der Waals surface area contributed by atoms with Gasteiger partial charge in [-0.15, -0.1) is 0 Å². The maximum atomic E-state index is 13.7. The number of carbonyl (C=O) groups excluding carboxylic acids is 2. The van der Waals surface area contributed by atoms with Gasteiger partial charge in [0.1, 0.15) is 5.82 Å². The largest absolute Gasteiger partial charge is 0.449 e. The lowest BCUT2D eigenvalue weighted by Gasteiger charge is -2.14. The molecular weight excluding hydrogens is 358 g/mol. The Morgan fingerprint density at radius 3 is 2.42 bits per heavy atom. The van der Waals surface area contributed by atoms with Gasteiger partial charge in [0.2, 0.25) is 0 Å². The van der Waals surface area contributed by atoms with Gasteiger partial charge in [0.15, 0.2) is 6.10 Å². The van der Waals surface area contributed by atoms with E-state index >= 15 is 0 Å². The summed E-state index contributed by atoms with van der Waals surface area (Å²) in [5, 5.41) is 2.88. The summed E-state index contributed by atoms with van der Waals surface area (Å²) >= 11 is 11.4. The van der Waals surface area contributed by atoms with Gasteiger partial charge in [0, 0.05) is 15.7 Å². The first-order valence-corrected chi connectivity index (χ1v) is 7.55. The van der Waals surface area contributed by atoms with Crippen molar-refractivity contribution in [3.63, 3.8) is 0 Å². The molecule has 0 spiro atoms. The number of halogens is 3. The van der Waals surface area contributed by atoms with Crippen LogP contribution < -0.4 is 11.1 Å². The van der Waals surface area contributed by atoms with Crippen molar-refractivity contribution in [1.29, 1.82) is 0 Å². The fourth-order valence-corrected chi connectivity index (χ4v) is 2.16. The quantitative estimate of drug-likeness (QED) is 0.631. The molecule has 5 nitrogen and oxygen atoms in total. The van der Waals surface area contributed by atoms with E-state index in [-0.39, 0.29) is 22.0 Å². The number of nitrogen functional groups attached to an aromatic ring is 1. The van der Waals surface area contributed by atoms with Crippen molar-refractivity contribution in [2.45, 2.75) is 13.0 Å². The van der Waals surface area contributed by atoms with E-state index in [0.717, 1.165) is 6.07 Å². The topological polar surface area (TPSA) is 81.4 Å². The van der Waals surface area contributed by atoms with Gasteiger partial charge in [0.25, 0.3) is 5.91 Å². The average molecular weight is 371 g/mol. The van der Waals surface area contributed by atoms with Crippen LogP contribution in [0, 0.1) is 5.82 Å². The van der Waals surface area contributed by atoms with Gasteiger partial charge in [-0.05, 0) is 43.3 Å². The highest BCUT2D eigenvalue weighted by Gasteiger charge is 2.21. The van der Waals surface area contributed by atoms with Crippen LogP contribution in [-0.2, 0) is 9.53 Å². The minimum atomic E-state index is -1.16. The average Bonchev–Trinajstić information content (AvgIpc) is 2.49. The summed E-state index contributed by atoms with van der Waals surface area (Å²) in [6, 6.07) is 8.05. The normalized spacial score (nSPS) is 11.7. The van der Waals surface area contributed by atoms with Crippen LogP contribution in [0.5, 0.6) is 0 Å². The molecule has 0 aromatic heterocycles. The molecule has 0 heterocycles. The zero-order valence-corrected chi connectivity index (χ0v) is 14.0. The molecule has 1 unspecified atom stereocenters. The third-order valence-electron chi connectivity index (χ3n) is 3.08. The molecule has 8 heteroatoms. The minimum absolute atomic E-state index is 0.0710. The van der Waals surface area contributed by atoms with E-state index in [1.807, 2.05) is 0 Å². The molecule has 2 aromatic rings. The van der Waals surface area contributed by atoms with Gasteiger partial charge in [-0.2, -0.15) is 0 Å². The molecule has 0 bridgehead atoms. The van der Waals surface area contributed by atoms with Gasteiger partial charge < -0.3 is 15.8 Å². The van der Waals surface area contributed by atoms with Gasteiger partial charge in [-0.25, -0.2) is 9.18 Å². The highest BCUT2D eigenvalue weighted by molar-refractivity contribution is 6.31. The second kappa shape index (κ2) is 7.51. The van der Waals surface area contributed by atoms with Crippen molar-refractivity contribution in [3.05, 3.63) is 57.8 Å². The molecule has 1 amide bonds. The summed E-state index contributed by atoms with van der Waals surface area (Å²) < 4.78 is 18.7. The molecule has 0 saturated heterocycles. The minimum Gasteiger partial charge on any atom is -0.449 e.